The number of carbonyl (C=O) groups excluding carboxylic acids is 1. The van der Waals surface area contributed by atoms with Gasteiger partial charge in [-0.15, -0.1) is 11.3 Å². The summed E-state index contributed by atoms with van der Waals surface area (Å²) in [7, 11) is -3.85. The van der Waals surface area contributed by atoms with Crippen LogP contribution < -0.4 is 10.2 Å². The van der Waals surface area contributed by atoms with Crippen molar-refractivity contribution in [1.82, 2.24) is 4.31 Å². The first-order valence-corrected chi connectivity index (χ1v) is 12.2. The topological polar surface area (TPSA) is 107 Å². The number of nitrogens with zero attached hydrogens (tertiary/aromatic N) is 2. The zero-order valence-corrected chi connectivity index (χ0v) is 19.1. The predicted molar refractivity (Wildman–Crippen MR) is 127 cm³/mol. The second kappa shape index (κ2) is 9.18. The molecule has 0 atom stereocenters. The highest BCUT2D eigenvalue weighted by molar-refractivity contribution is 7.89. The molecule has 10 heteroatoms. The van der Waals surface area contributed by atoms with Gasteiger partial charge < -0.3 is 10.4 Å². The van der Waals surface area contributed by atoms with Crippen LogP contribution in [0.15, 0.2) is 78.2 Å². The molecule has 0 spiro atoms. The summed E-state index contributed by atoms with van der Waals surface area (Å²) in [5.41, 5.74) is 1.89. The van der Waals surface area contributed by atoms with E-state index in [1.807, 2.05) is 30.3 Å². The van der Waals surface area contributed by atoms with Crippen LogP contribution in [0.5, 0.6) is 0 Å². The molecule has 1 aliphatic heterocycles. The first-order chi connectivity index (χ1) is 15.8. The Bertz CT molecular complexity index is 1300. The van der Waals surface area contributed by atoms with Crippen LogP contribution in [0, 0.1) is 0 Å². The lowest BCUT2D eigenvalue weighted by Gasteiger charge is -2.21. The van der Waals surface area contributed by atoms with Crippen LogP contribution in [0.4, 0.5) is 15.5 Å². The van der Waals surface area contributed by atoms with Crippen LogP contribution in [-0.2, 0) is 34.5 Å². The molecule has 1 aromatic heterocycles. The molecule has 2 N–H and O–H groups in total. The van der Waals surface area contributed by atoms with Gasteiger partial charge in [0.15, 0.2) is 0 Å². The van der Waals surface area contributed by atoms with Crippen LogP contribution in [0.2, 0.25) is 0 Å². The molecule has 0 saturated carbocycles. The van der Waals surface area contributed by atoms with Crippen LogP contribution in [-0.4, -0.2) is 29.8 Å². The van der Waals surface area contributed by atoms with Gasteiger partial charge in [-0.25, -0.2) is 13.2 Å². The molecule has 3 aromatic rings. The van der Waals surface area contributed by atoms with Crippen molar-refractivity contribution in [3.05, 3.63) is 89.3 Å². The summed E-state index contributed by atoms with van der Waals surface area (Å²) in [5.74, 6) is -0.324. The summed E-state index contributed by atoms with van der Waals surface area (Å²) in [6.07, 6.45) is -0.00173. The van der Waals surface area contributed by atoms with Gasteiger partial charge in [0.25, 0.3) is 0 Å². The summed E-state index contributed by atoms with van der Waals surface area (Å²) in [6, 6.07) is 16.8. The van der Waals surface area contributed by atoms with E-state index in [1.165, 1.54) is 39.9 Å². The van der Waals surface area contributed by atoms with Crippen molar-refractivity contribution in [3.63, 3.8) is 0 Å². The second-order valence-corrected chi connectivity index (χ2v) is 10.5. The highest BCUT2D eigenvalue weighted by Gasteiger charge is 2.33. The largest absolute Gasteiger partial charge is 0.465 e. The van der Waals surface area contributed by atoms with Gasteiger partial charge in [0.05, 0.1) is 16.4 Å². The molecular formula is C23H21N3O5S2. The quantitative estimate of drug-likeness (QED) is 0.488. The average molecular weight is 484 g/mol. The fraction of sp³-hybridized carbons (Fsp3) is 0.130. The highest BCUT2D eigenvalue weighted by Crippen LogP contribution is 2.37. The molecule has 0 saturated heterocycles. The molecule has 2 heterocycles. The predicted octanol–water partition coefficient (Wildman–Crippen LogP) is 4.26. The van der Waals surface area contributed by atoms with Crippen LogP contribution >= 0.6 is 11.3 Å². The van der Waals surface area contributed by atoms with Gasteiger partial charge >= 0.3 is 6.09 Å². The third-order valence-corrected chi connectivity index (χ3v) is 8.04. The van der Waals surface area contributed by atoms with E-state index in [9.17, 15) is 23.1 Å². The van der Waals surface area contributed by atoms with E-state index in [0.717, 1.165) is 20.9 Å². The minimum Gasteiger partial charge on any atom is -0.465 e. The van der Waals surface area contributed by atoms with Gasteiger partial charge in [-0.3, -0.25) is 9.69 Å². The van der Waals surface area contributed by atoms with E-state index in [0.29, 0.717) is 5.00 Å². The Morgan fingerprint density at radius 1 is 1.12 bits per heavy atom. The molecular weight excluding hydrogens is 462 g/mol. The van der Waals surface area contributed by atoms with Gasteiger partial charge in [-0.05, 0) is 41.5 Å². The number of thiophene rings is 1. The number of carbonyl (C=O) groups is 2. The monoisotopic (exact) mass is 483 g/mol. The molecule has 0 aliphatic carbocycles. The number of sulfonamides is 1. The van der Waals surface area contributed by atoms with Crippen molar-refractivity contribution >= 4 is 44.0 Å². The Labute approximate surface area is 195 Å². The number of amides is 2. The first-order valence-electron chi connectivity index (χ1n) is 9.97. The molecule has 4 rings (SSSR count). The Hall–Kier alpha value is -3.47. The summed E-state index contributed by atoms with van der Waals surface area (Å²) in [5, 5.41) is 13.1. The van der Waals surface area contributed by atoms with Gasteiger partial charge in [0, 0.05) is 23.7 Å². The molecule has 2 amide bonds. The maximum Gasteiger partial charge on any atom is 0.412 e. The fourth-order valence-electron chi connectivity index (χ4n) is 3.54. The van der Waals surface area contributed by atoms with E-state index in [-0.39, 0.29) is 36.1 Å². The normalized spacial score (nSPS) is 13.3. The van der Waals surface area contributed by atoms with Gasteiger partial charge in [0.1, 0.15) is 0 Å². The molecule has 170 valence electrons. The summed E-state index contributed by atoms with van der Waals surface area (Å²) >= 11 is 1.32. The number of anilines is 2. The van der Waals surface area contributed by atoms with Crippen LogP contribution in [0.1, 0.15) is 16.0 Å². The number of hydrogen-bond donors (Lipinski definition) is 2. The molecule has 0 bridgehead atoms. The van der Waals surface area contributed by atoms with E-state index in [1.54, 1.807) is 12.1 Å². The molecule has 1 aliphatic rings. The van der Waals surface area contributed by atoms with E-state index in [2.05, 4.69) is 11.9 Å². The van der Waals surface area contributed by atoms with Crippen LogP contribution in [0.25, 0.3) is 0 Å². The van der Waals surface area contributed by atoms with Gasteiger partial charge in [-0.1, -0.05) is 43.0 Å². The van der Waals surface area contributed by atoms with Crippen molar-refractivity contribution in [2.24, 2.45) is 0 Å². The minimum atomic E-state index is -3.85. The lowest BCUT2D eigenvalue weighted by molar-refractivity contribution is -0.111. The van der Waals surface area contributed by atoms with Crippen molar-refractivity contribution in [2.45, 2.75) is 24.5 Å². The lowest BCUT2D eigenvalue weighted by atomic mass is 10.2. The minimum absolute atomic E-state index is 0.0228. The third-order valence-electron chi connectivity index (χ3n) is 5.18. The average Bonchev–Trinajstić information content (AvgIpc) is 3.37. The zero-order valence-electron chi connectivity index (χ0n) is 17.5. The Morgan fingerprint density at radius 3 is 2.55 bits per heavy atom. The molecule has 0 radical (unpaired) electrons. The standard InChI is InChI=1S/C23H21N3O5S2/c1-2-21(27)24-22-11-17-14-25(15-20(17)32-22)33(30,31)19-10-6-9-18(12-19)26(23(28)29)13-16-7-4-3-5-8-16/h2-12H,1,13-15H2,(H,24,27)(H,28,29). The fourth-order valence-corrected chi connectivity index (χ4v) is 6.14. The number of hydrogen-bond acceptors (Lipinski definition) is 5. The molecule has 2 aromatic carbocycles. The molecule has 0 fully saturated rings. The van der Waals surface area contributed by atoms with Crippen molar-refractivity contribution < 1.29 is 23.1 Å². The first kappa shape index (κ1) is 22.7. The van der Waals surface area contributed by atoms with E-state index in [4.69, 9.17) is 0 Å². The SMILES string of the molecule is C=CC(=O)Nc1cc2c(s1)CN(S(=O)(=O)c1cccc(N(Cc3ccccc3)C(=O)O)c1)C2. The van der Waals surface area contributed by atoms with Crippen molar-refractivity contribution in [2.75, 3.05) is 10.2 Å². The van der Waals surface area contributed by atoms with Gasteiger partial charge in [-0.2, -0.15) is 4.31 Å². The maximum atomic E-state index is 13.3. The van der Waals surface area contributed by atoms with Crippen molar-refractivity contribution in [3.8, 4) is 0 Å². The lowest BCUT2D eigenvalue weighted by Crippen LogP contribution is -2.29. The highest BCUT2D eigenvalue weighted by atomic mass is 32.2. The van der Waals surface area contributed by atoms with Crippen LogP contribution in [0.3, 0.4) is 0 Å². The van der Waals surface area contributed by atoms with E-state index >= 15 is 0 Å². The number of nitrogens with one attached hydrogen (secondary N) is 1. The number of carboxylic acid groups (broad SMARTS) is 1. The third kappa shape index (κ3) is 4.82. The zero-order chi connectivity index (χ0) is 23.6. The summed E-state index contributed by atoms with van der Waals surface area (Å²) in [4.78, 5) is 25.4. The Morgan fingerprint density at radius 2 is 1.88 bits per heavy atom. The Balaban J connectivity index is 1.55. The number of benzene rings is 2. The Kier molecular flexibility index (Phi) is 6.32. The van der Waals surface area contributed by atoms with Gasteiger partial charge in [0.2, 0.25) is 15.9 Å². The second-order valence-electron chi connectivity index (χ2n) is 7.38. The number of fused-ring (bicyclic) bond motifs is 1. The van der Waals surface area contributed by atoms with Crippen molar-refractivity contribution in [1.29, 1.82) is 0 Å². The molecule has 33 heavy (non-hydrogen) atoms. The summed E-state index contributed by atoms with van der Waals surface area (Å²) < 4.78 is 27.9. The smallest absolute Gasteiger partial charge is 0.412 e. The summed E-state index contributed by atoms with van der Waals surface area (Å²) in [6.45, 7) is 3.87. The molecule has 0 unspecified atom stereocenters. The molecule has 8 nitrogen and oxygen atoms in total. The number of rotatable bonds is 7. The maximum absolute atomic E-state index is 13.3. The van der Waals surface area contributed by atoms with E-state index < -0.39 is 16.1 Å².